The van der Waals surface area contributed by atoms with Gasteiger partial charge in [0.15, 0.2) is 5.65 Å². The first kappa shape index (κ1) is 27.8. The van der Waals surface area contributed by atoms with Gasteiger partial charge in [-0.2, -0.15) is 0 Å². The van der Waals surface area contributed by atoms with E-state index in [4.69, 9.17) is 4.74 Å². The number of aryl methyl sites for hydroxylation is 2. The summed E-state index contributed by atoms with van der Waals surface area (Å²) >= 11 is 0. The van der Waals surface area contributed by atoms with Crippen LogP contribution in [0.5, 0.6) is 11.5 Å². The normalized spacial score (nSPS) is 17.8. The van der Waals surface area contributed by atoms with Gasteiger partial charge in [0.1, 0.15) is 22.1 Å². The molecule has 4 aromatic rings. The summed E-state index contributed by atoms with van der Waals surface area (Å²) < 4.78 is 48.5. The molecule has 0 bridgehead atoms. The number of hydrogen-bond donors (Lipinski definition) is 1. The van der Waals surface area contributed by atoms with Crippen LogP contribution in [0.25, 0.3) is 22.2 Å². The molecule has 0 spiro atoms. The van der Waals surface area contributed by atoms with Gasteiger partial charge in [-0.05, 0) is 107 Å². The number of pyridine rings is 1. The van der Waals surface area contributed by atoms with Crippen LogP contribution in [-0.4, -0.2) is 27.2 Å². The van der Waals surface area contributed by atoms with Crippen LogP contribution in [0.15, 0.2) is 78.7 Å². The molecular formula is C32H33FN2O4S. The lowest BCUT2D eigenvalue weighted by atomic mass is 9.93. The molecule has 1 unspecified atom stereocenters. The fraction of sp³-hybridized carbons (Fsp3) is 0.281. The number of aliphatic hydroxyl groups is 1. The summed E-state index contributed by atoms with van der Waals surface area (Å²) in [5, 5.41) is 11.4. The third-order valence-electron chi connectivity index (χ3n) is 7.82. The van der Waals surface area contributed by atoms with Gasteiger partial charge in [-0.3, -0.25) is 0 Å². The highest BCUT2D eigenvalue weighted by Gasteiger charge is 2.42. The van der Waals surface area contributed by atoms with Crippen molar-refractivity contribution < 1.29 is 22.7 Å². The molecule has 2 aromatic heterocycles. The zero-order valence-electron chi connectivity index (χ0n) is 23.5. The number of aromatic nitrogens is 2. The molecule has 6 nitrogen and oxygen atoms in total. The van der Waals surface area contributed by atoms with E-state index in [0.717, 1.165) is 5.57 Å². The Balaban J connectivity index is 1.71. The maximum absolute atomic E-state index is 14.0. The van der Waals surface area contributed by atoms with Gasteiger partial charge >= 0.3 is 0 Å². The van der Waals surface area contributed by atoms with Crippen molar-refractivity contribution in [2.24, 2.45) is 0 Å². The molecule has 0 radical (unpaired) electrons. The highest BCUT2D eigenvalue weighted by atomic mass is 32.2. The maximum Gasteiger partial charge on any atom is 0.249 e. The van der Waals surface area contributed by atoms with Gasteiger partial charge in [0.2, 0.25) is 10.0 Å². The van der Waals surface area contributed by atoms with Gasteiger partial charge in [-0.25, -0.2) is 21.8 Å². The van der Waals surface area contributed by atoms with Crippen molar-refractivity contribution in [2.75, 3.05) is 0 Å². The number of rotatable bonds is 6. The van der Waals surface area contributed by atoms with Crippen LogP contribution in [-0.2, 0) is 15.6 Å². The van der Waals surface area contributed by atoms with E-state index < -0.39 is 20.4 Å². The zero-order chi connectivity index (χ0) is 29.0. The summed E-state index contributed by atoms with van der Waals surface area (Å²) in [6, 6.07) is 11.8. The standard InChI is InChI=1S/C32H33FN2O4S/c1-20-17-24(33)18-21(2)29(20)39-28-11-10-23(31(4,5)36)19-27(28)25-12-15-34-30-26(25)13-16-35(30)40(37,38)32(6)14-8-7-9-22(32)3/h7-13,15-19,36H,14H2,1-6H3. The quantitative estimate of drug-likeness (QED) is 0.267. The molecule has 5 rings (SSSR count). The fourth-order valence-corrected chi connectivity index (χ4v) is 7.00. The van der Waals surface area contributed by atoms with Crippen molar-refractivity contribution in [2.45, 2.75) is 58.3 Å². The van der Waals surface area contributed by atoms with Crippen LogP contribution in [0.2, 0.25) is 0 Å². The zero-order valence-corrected chi connectivity index (χ0v) is 24.3. The predicted molar refractivity (Wildman–Crippen MR) is 157 cm³/mol. The van der Waals surface area contributed by atoms with Crippen LogP contribution >= 0.6 is 0 Å². The molecule has 0 saturated carbocycles. The SMILES string of the molecule is CC1=CC=CCC1(C)S(=O)(=O)n1ccc2c(-c3cc(C(C)(C)O)ccc3Oc3c(C)cc(F)cc3C)ccnc21. The van der Waals surface area contributed by atoms with E-state index in [1.807, 2.05) is 31.2 Å². The Hall–Kier alpha value is -3.75. The van der Waals surface area contributed by atoms with E-state index in [1.165, 1.54) is 16.1 Å². The molecule has 2 aromatic carbocycles. The summed E-state index contributed by atoms with van der Waals surface area (Å²) in [6.45, 7) is 10.5. The van der Waals surface area contributed by atoms with E-state index in [1.54, 1.807) is 71.3 Å². The minimum atomic E-state index is -3.87. The van der Waals surface area contributed by atoms with Gasteiger partial charge in [-0.15, -0.1) is 0 Å². The first-order valence-corrected chi connectivity index (χ1v) is 14.5. The van der Waals surface area contributed by atoms with E-state index in [0.29, 0.717) is 56.8 Å². The molecule has 0 aliphatic heterocycles. The smallest absolute Gasteiger partial charge is 0.249 e. The van der Waals surface area contributed by atoms with Crippen molar-refractivity contribution in [3.8, 4) is 22.6 Å². The number of ether oxygens (including phenoxy) is 1. The highest BCUT2D eigenvalue weighted by molar-refractivity contribution is 7.91. The van der Waals surface area contributed by atoms with Gasteiger partial charge < -0.3 is 9.84 Å². The maximum atomic E-state index is 14.0. The van der Waals surface area contributed by atoms with Gasteiger partial charge in [0, 0.05) is 23.3 Å². The largest absolute Gasteiger partial charge is 0.456 e. The fourth-order valence-electron chi connectivity index (χ4n) is 5.19. The van der Waals surface area contributed by atoms with Crippen molar-refractivity contribution in [3.05, 3.63) is 101 Å². The second-order valence-electron chi connectivity index (χ2n) is 11.2. The molecule has 208 valence electrons. The summed E-state index contributed by atoms with van der Waals surface area (Å²) in [4.78, 5) is 4.48. The molecule has 1 N–H and O–H groups in total. The number of nitrogens with zero attached hydrogens (tertiary/aromatic N) is 2. The van der Waals surface area contributed by atoms with Crippen molar-refractivity contribution in [1.82, 2.24) is 8.96 Å². The minimum Gasteiger partial charge on any atom is -0.456 e. The summed E-state index contributed by atoms with van der Waals surface area (Å²) in [6.07, 6.45) is 9.04. The van der Waals surface area contributed by atoms with E-state index in [-0.39, 0.29) is 5.82 Å². The first-order valence-electron chi connectivity index (χ1n) is 13.1. The summed E-state index contributed by atoms with van der Waals surface area (Å²) in [5.74, 6) is 0.673. The van der Waals surface area contributed by atoms with Crippen LogP contribution in [0.3, 0.4) is 0 Å². The third kappa shape index (κ3) is 4.55. The lowest BCUT2D eigenvalue weighted by molar-refractivity contribution is 0.0786. The lowest BCUT2D eigenvalue weighted by Crippen LogP contribution is -2.40. The Morgan fingerprint density at radius 1 is 1.05 bits per heavy atom. The van der Waals surface area contributed by atoms with Crippen molar-refractivity contribution >= 4 is 21.1 Å². The average Bonchev–Trinajstić information content (AvgIpc) is 3.32. The van der Waals surface area contributed by atoms with Gasteiger partial charge in [-0.1, -0.05) is 29.9 Å². The number of fused-ring (bicyclic) bond motifs is 1. The summed E-state index contributed by atoms with van der Waals surface area (Å²) in [5.41, 5.74) is 3.20. The molecule has 0 saturated heterocycles. The molecule has 0 fully saturated rings. The Kier molecular flexibility index (Phi) is 6.75. The average molecular weight is 561 g/mol. The van der Waals surface area contributed by atoms with Crippen molar-refractivity contribution in [1.29, 1.82) is 0 Å². The second kappa shape index (κ2) is 9.71. The Bertz CT molecular complexity index is 1790. The van der Waals surface area contributed by atoms with Crippen LogP contribution in [0, 0.1) is 19.7 Å². The molecule has 2 heterocycles. The Morgan fingerprint density at radius 3 is 2.40 bits per heavy atom. The van der Waals surface area contributed by atoms with Crippen LogP contribution < -0.4 is 4.74 Å². The van der Waals surface area contributed by atoms with Crippen LogP contribution in [0.1, 0.15) is 50.8 Å². The lowest BCUT2D eigenvalue weighted by Gasteiger charge is -2.31. The summed E-state index contributed by atoms with van der Waals surface area (Å²) in [7, 11) is -3.87. The third-order valence-corrected chi connectivity index (χ3v) is 10.3. The molecule has 8 heteroatoms. The predicted octanol–water partition coefficient (Wildman–Crippen LogP) is 7.32. The van der Waals surface area contributed by atoms with Crippen molar-refractivity contribution in [3.63, 3.8) is 0 Å². The number of benzene rings is 2. The second-order valence-corrected chi connectivity index (χ2v) is 13.4. The van der Waals surface area contributed by atoms with Crippen LogP contribution in [0.4, 0.5) is 4.39 Å². The number of allylic oxidation sites excluding steroid dienone is 3. The highest BCUT2D eigenvalue weighted by Crippen LogP contribution is 2.42. The molecule has 1 aliphatic rings. The monoisotopic (exact) mass is 560 g/mol. The first-order chi connectivity index (χ1) is 18.7. The molecular weight excluding hydrogens is 527 g/mol. The minimum absolute atomic E-state index is 0.301. The van der Waals surface area contributed by atoms with E-state index in [2.05, 4.69) is 4.98 Å². The number of halogens is 1. The number of hydrogen-bond acceptors (Lipinski definition) is 5. The molecule has 40 heavy (non-hydrogen) atoms. The molecule has 1 atom stereocenters. The van der Waals surface area contributed by atoms with Gasteiger partial charge in [0.05, 0.1) is 5.60 Å². The molecule has 1 aliphatic carbocycles. The molecule has 0 amide bonds. The van der Waals surface area contributed by atoms with Gasteiger partial charge in [0.25, 0.3) is 0 Å². The van der Waals surface area contributed by atoms with E-state index >= 15 is 0 Å². The van der Waals surface area contributed by atoms with E-state index in [9.17, 15) is 17.9 Å². The Labute approximate surface area is 234 Å². The topological polar surface area (TPSA) is 81.4 Å². The Morgan fingerprint density at radius 2 is 1.75 bits per heavy atom.